The maximum Gasteiger partial charge on any atom is 0.243 e. The first-order chi connectivity index (χ1) is 16.8. The maximum atomic E-state index is 12.9. The third kappa shape index (κ3) is 5.28. The van der Waals surface area contributed by atoms with Crippen molar-refractivity contribution in [1.82, 2.24) is 23.6 Å². The van der Waals surface area contributed by atoms with Crippen LogP contribution in [0.2, 0.25) is 0 Å². The Bertz CT molecular complexity index is 1420. The zero-order valence-electron chi connectivity index (χ0n) is 20.2. The molecule has 10 heteroatoms. The number of aryl methyl sites for hydroxylation is 2. The lowest BCUT2D eigenvalue weighted by Crippen LogP contribution is -2.30. The molecule has 0 atom stereocenters. The van der Waals surface area contributed by atoms with E-state index in [4.69, 9.17) is 0 Å². The van der Waals surface area contributed by atoms with Crippen molar-refractivity contribution in [2.45, 2.75) is 38.1 Å². The van der Waals surface area contributed by atoms with E-state index in [9.17, 15) is 13.2 Å². The minimum atomic E-state index is -3.57. The molecule has 35 heavy (non-hydrogen) atoms. The third-order valence-electron chi connectivity index (χ3n) is 6.02. The van der Waals surface area contributed by atoms with Crippen LogP contribution in [0.1, 0.15) is 31.7 Å². The van der Waals surface area contributed by atoms with Crippen LogP contribution >= 0.6 is 0 Å². The number of hydrogen-bond donors (Lipinski definition) is 1. The molecular weight excluding hydrogens is 464 g/mol. The van der Waals surface area contributed by atoms with E-state index in [0.29, 0.717) is 43.2 Å². The fourth-order valence-electron chi connectivity index (χ4n) is 4.08. The SMILES string of the molecule is CCN(CC)S(=O)(=O)c1ccc2c(c1)nc(CCC(=O)Nc1ccnn1Cc1ccccc1)n2C. The van der Waals surface area contributed by atoms with E-state index in [1.165, 1.54) is 4.31 Å². The minimum absolute atomic E-state index is 0.142. The quantitative estimate of drug-likeness (QED) is 0.364. The highest BCUT2D eigenvalue weighted by Gasteiger charge is 2.23. The molecule has 0 spiro atoms. The highest BCUT2D eigenvalue weighted by atomic mass is 32.2. The lowest BCUT2D eigenvalue weighted by molar-refractivity contribution is -0.116. The van der Waals surface area contributed by atoms with Gasteiger partial charge in [-0.25, -0.2) is 18.1 Å². The lowest BCUT2D eigenvalue weighted by atomic mass is 10.2. The number of nitrogens with one attached hydrogen (secondary N) is 1. The molecule has 0 fully saturated rings. The summed E-state index contributed by atoms with van der Waals surface area (Å²) in [6.07, 6.45) is 2.31. The molecule has 0 unspecified atom stereocenters. The van der Waals surface area contributed by atoms with Crippen molar-refractivity contribution in [3.63, 3.8) is 0 Å². The van der Waals surface area contributed by atoms with Gasteiger partial charge in [0, 0.05) is 39.0 Å². The van der Waals surface area contributed by atoms with Gasteiger partial charge >= 0.3 is 0 Å². The molecule has 2 heterocycles. The molecule has 4 rings (SSSR count). The monoisotopic (exact) mass is 494 g/mol. The van der Waals surface area contributed by atoms with Crippen LogP contribution in [0, 0.1) is 0 Å². The van der Waals surface area contributed by atoms with E-state index in [0.717, 1.165) is 11.1 Å². The number of carbonyl (C=O) groups excluding carboxylic acids is 1. The summed E-state index contributed by atoms with van der Waals surface area (Å²) in [6, 6.07) is 16.7. The number of imidazole rings is 1. The number of sulfonamides is 1. The first-order valence-electron chi connectivity index (χ1n) is 11.6. The Labute approximate surface area is 205 Å². The van der Waals surface area contributed by atoms with Gasteiger partial charge in [-0.1, -0.05) is 44.2 Å². The average Bonchev–Trinajstić information content (AvgIpc) is 3.42. The van der Waals surface area contributed by atoms with Crippen molar-refractivity contribution < 1.29 is 13.2 Å². The van der Waals surface area contributed by atoms with Crippen LogP contribution in [-0.4, -0.2) is 51.1 Å². The minimum Gasteiger partial charge on any atom is -0.331 e. The van der Waals surface area contributed by atoms with Crippen LogP contribution in [0.25, 0.3) is 11.0 Å². The second-order valence-corrected chi connectivity index (χ2v) is 10.2. The molecular formula is C25H30N6O3S. The highest BCUT2D eigenvalue weighted by molar-refractivity contribution is 7.89. The van der Waals surface area contributed by atoms with Crippen molar-refractivity contribution in [3.8, 4) is 0 Å². The van der Waals surface area contributed by atoms with E-state index in [1.54, 1.807) is 35.1 Å². The Morgan fingerprint density at radius 2 is 1.80 bits per heavy atom. The molecule has 0 saturated heterocycles. The predicted molar refractivity (Wildman–Crippen MR) is 136 cm³/mol. The number of hydrogen-bond acceptors (Lipinski definition) is 5. The van der Waals surface area contributed by atoms with E-state index in [1.807, 2.05) is 55.8 Å². The summed E-state index contributed by atoms with van der Waals surface area (Å²) in [6.45, 7) is 5.01. The fourth-order valence-corrected chi connectivity index (χ4v) is 5.56. The van der Waals surface area contributed by atoms with Crippen molar-refractivity contribution in [2.75, 3.05) is 18.4 Å². The molecule has 1 N–H and O–H groups in total. The molecule has 2 aromatic carbocycles. The number of anilines is 1. The number of amides is 1. The number of nitrogens with zero attached hydrogens (tertiary/aromatic N) is 5. The summed E-state index contributed by atoms with van der Waals surface area (Å²) in [7, 11) is -1.70. The van der Waals surface area contributed by atoms with E-state index in [2.05, 4.69) is 15.4 Å². The van der Waals surface area contributed by atoms with E-state index >= 15 is 0 Å². The summed E-state index contributed by atoms with van der Waals surface area (Å²) in [5.41, 5.74) is 2.51. The Hall–Kier alpha value is -3.50. The number of carbonyl (C=O) groups is 1. The second-order valence-electron chi connectivity index (χ2n) is 8.23. The first-order valence-corrected chi connectivity index (χ1v) is 13.1. The molecule has 0 saturated carbocycles. The van der Waals surface area contributed by atoms with Gasteiger partial charge < -0.3 is 9.88 Å². The van der Waals surface area contributed by atoms with Crippen LogP contribution in [0.5, 0.6) is 0 Å². The normalized spacial score (nSPS) is 11.9. The van der Waals surface area contributed by atoms with Gasteiger partial charge in [0.25, 0.3) is 0 Å². The molecule has 9 nitrogen and oxygen atoms in total. The van der Waals surface area contributed by atoms with Gasteiger partial charge in [0.1, 0.15) is 11.6 Å². The fraction of sp³-hybridized carbons (Fsp3) is 0.320. The van der Waals surface area contributed by atoms with Crippen molar-refractivity contribution >= 4 is 32.8 Å². The molecule has 2 aromatic heterocycles. The molecule has 0 aliphatic heterocycles. The van der Waals surface area contributed by atoms with Gasteiger partial charge in [-0.3, -0.25) is 4.79 Å². The van der Waals surface area contributed by atoms with Gasteiger partial charge in [-0.05, 0) is 23.8 Å². The van der Waals surface area contributed by atoms with E-state index in [-0.39, 0.29) is 17.2 Å². The van der Waals surface area contributed by atoms with Crippen molar-refractivity contribution in [3.05, 3.63) is 72.2 Å². The summed E-state index contributed by atoms with van der Waals surface area (Å²) in [4.78, 5) is 17.5. The largest absolute Gasteiger partial charge is 0.331 e. The van der Waals surface area contributed by atoms with Gasteiger partial charge in [0.05, 0.1) is 28.7 Å². The lowest BCUT2D eigenvalue weighted by Gasteiger charge is -2.18. The Morgan fingerprint density at radius 1 is 1.06 bits per heavy atom. The highest BCUT2D eigenvalue weighted by Crippen LogP contribution is 2.23. The molecule has 0 aliphatic carbocycles. The zero-order valence-corrected chi connectivity index (χ0v) is 21.0. The zero-order chi connectivity index (χ0) is 25.0. The smallest absolute Gasteiger partial charge is 0.243 e. The topological polar surface area (TPSA) is 102 Å². The summed E-state index contributed by atoms with van der Waals surface area (Å²) in [5, 5.41) is 7.24. The summed E-state index contributed by atoms with van der Waals surface area (Å²) in [5.74, 6) is 1.21. The van der Waals surface area contributed by atoms with E-state index < -0.39 is 10.0 Å². The maximum absolute atomic E-state index is 12.9. The Balaban J connectivity index is 1.45. The van der Waals surface area contributed by atoms with Gasteiger partial charge in [-0.15, -0.1) is 0 Å². The number of rotatable bonds is 10. The third-order valence-corrected chi connectivity index (χ3v) is 8.07. The van der Waals surface area contributed by atoms with Gasteiger partial charge in [0.2, 0.25) is 15.9 Å². The number of benzene rings is 2. The number of fused-ring (bicyclic) bond motifs is 1. The predicted octanol–water partition coefficient (Wildman–Crippen LogP) is 3.42. The van der Waals surface area contributed by atoms with Crippen LogP contribution in [0.4, 0.5) is 5.82 Å². The molecule has 0 aliphatic rings. The second kappa shape index (κ2) is 10.4. The molecule has 184 valence electrons. The Morgan fingerprint density at radius 3 is 2.51 bits per heavy atom. The molecule has 0 radical (unpaired) electrons. The molecule has 0 bridgehead atoms. The van der Waals surface area contributed by atoms with Crippen molar-refractivity contribution in [1.29, 1.82) is 0 Å². The average molecular weight is 495 g/mol. The van der Waals surface area contributed by atoms with Gasteiger partial charge in [0.15, 0.2) is 0 Å². The van der Waals surface area contributed by atoms with Crippen LogP contribution in [0.15, 0.2) is 65.7 Å². The first kappa shape index (κ1) is 24.6. The van der Waals surface area contributed by atoms with Gasteiger partial charge in [-0.2, -0.15) is 9.40 Å². The van der Waals surface area contributed by atoms with Crippen LogP contribution in [0.3, 0.4) is 0 Å². The molecule has 1 amide bonds. The molecule has 4 aromatic rings. The van der Waals surface area contributed by atoms with Crippen LogP contribution in [-0.2, 0) is 34.8 Å². The van der Waals surface area contributed by atoms with Crippen LogP contribution < -0.4 is 5.32 Å². The standard InChI is InChI=1S/C25H30N6O3S/c1-4-30(5-2)35(33,34)20-11-12-22-21(17-20)27-23(29(22)3)13-14-25(32)28-24-15-16-26-31(24)18-19-9-7-6-8-10-19/h6-12,15-17H,4-5,13-14,18H2,1-3H3,(H,28,32). The Kier molecular flexibility index (Phi) is 7.32. The van der Waals surface area contributed by atoms with Crippen molar-refractivity contribution in [2.24, 2.45) is 7.05 Å². The summed E-state index contributed by atoms with van der Waals surface area (Å²) >= 11 is 0. The summed E-state index contributed by atoms with van der Waals surface area (Å²) < 4.78 is 30.8. The number of aromatic nitrogens is 4.